The van der Waals surface area contributed by atoms with E-state index in [4.69, 9.17) is 0 Å². The minimum atomic E-state index is -0.273. The molecule has 0 heterocycles. The summed E-state index contributed by atoms with van der Waals surface area (Å²) in [6, 6.07) is 8.59. The summed E-state index contributed by atoms with van der Waals surface area (Å²) in [5.41, 5.74) is 2.47. The molecule has 1 aliphatic carbocycles. The van der Waals surface area contributed by atoms with Crippen LogP contribution in [0.4, 0.5) is 0 Å². The van der Waals surface area contributed by atoms with E-state index in [1.54, 1.807) is 0 Å². The molecule has 0 aromatic heterocycles. The molecule has 112 valence electrons. The van der Waals surface area contributed by atoms with Gasteiger partial charge in [-0.2, -0.15) is 0 Å². The van der Waals surface area contributed by atoms with Crippen molar-refractivity contribution in [2.75, 3.05) is 0 Å². The standard InChI is InChI=1S/C19H30O/c1-15(2)14-17-8-11-18(12-9-17)19(20)13-10-16-6-4-3-5-7-16/h8-9,11-12,15-16,19-20H,3-7,10,13-14H2,1-2H3. The summed E-state index contributed by atoms with van der Waals surface area (Å²) in [5.74, 6) is 1.55. The third-order valence-corrected chi connectivity index (χ3v) is 4.58. The van der Waals surface area contributed by atoms with Gasteiger partial charge >= 0.3 is 0 Å². The van der Waals surface area contributed by atoms with Gasteiger partial charge in [-0.1, -0.05) is 70.2 Å². The van der Waals surface area contributed by atoms with E-state index >= 15 is 0 Å². The molecule has 0 saturated heterocycles. The molecule has 0 aliphatic heterocycles. The van der Waals surface area contributed by atoms with Crippen LogP contribution in [0.1, 0.15) is 76.0 Å². The molecular formula is C19H30O. The summed E-state index contributed by atoms with van der Waals surface area (Å²) in [6.07, 6.45) is 9.91. The molecule has 0 radical (unpaired) electrons. The number of hydrogen-bond acceptors (Lipinski definition) is 1. The van der Waals surface area contributed by atoms with Crippen molar-refractivity contribution in [1.82, 2.24) is 0 Å². The molecule has 1 fully saturated rings. The lowest BCUT2D eigenvalue weighted by Gasteiger charge is -2.22. The Morgan fingerprint density at radius 1 is 1.05 bits per heavy atom. The SMILES string of the molecule is CC(C)Cc1ccc(C(O)CCC2CCCCC2)cc1. The molecule has 0 amide bonds. The Labute approximate surface area is 124 Å². The summed E-state index contributed by atoms with van der Waals surface area (Å²) in [4.78, 5) is 0. The number of hydrogen-bond donors (Lipinski definition) is 1. The minimum Gasteiger partial charge on any atom is -0.388 e. The van der Waals surface area contributed by atoms with Crippen molar-refractivity contribution in [1.29, 1.82) is 0 Å². The predicted molar refractivity (Wildman–Crippen MR) is 85.8 cm³/mol. The molecule has 1 atom stereocenters. The first kappa shape index (κ1) is 15.6. The normalized spacial score (nSPS) is 18.4. The van der Waals surface area contributed by atoms with Crippen LogP contribution in [0, 0.1) is 11.8 Å². The van der Waals surface area contributed by atoms with Gasteiger partial charge in [0.1, 0.15) is 0 Å². The van der Waals surface area contributed by atoms with Gasteiger partial charge in [0, 0.05) is 0 Å². The Kier molecular flexibility index (Phi) is 6.09. The maximum absolute atomic E-state index is 10.3. The predicted octanol–water partition coefficient (Wildman–Crippen LogP) is 5.28. The van der Waals surface area contributed by atoms with E-state index in [0.717, 1.165) is 24.3 Å². The van der Waals surface area contributed by atoms with E-state index in [1.807, 2.05) is 0 Å². The average molecular weight is 274 g/mol. The first-order chi connectivity index (χ1) is 9.65. The highest BCUT2D eigenvalue weighted by atomic mass is 16.3. The smallest absolute Gasteiger partial charge is 0.0790 e. The van der Waals surface area contributed by atoms with Gasteiger partial charge in [0.15, 0.2) is 0 Å². The van der Waals surface area contributed by atoms with Crippen molar-refractivity contribution >= 4 is 0 Å². The third kappa shape index (κ3) is 4.94. The Morgan fingerprint density at radius 2 is 1.70 bits per heavy atom. The second-order valence-corrected chi connectivity index (χ2v) is 6.94. The van der Waals surface area contributed by atoms with Crippen LogP contribution in [0.5, 0.6) is 0 Å². The van der Waals surface area contributed by atoms with Gasteiger partial charge in [-0.25, -0.2) is 0 Å². The van der Waals surface area contributed by atoms with E-state index in [1.165, 1.54) is 44.1 Å². The van der Waals surface area contributed by atoms with Crippen molar-refractivity contribution in [3.63, 3.8) is 0 Å². The van der Waals surface area contributed by atoms with Crippen LogP contribution in [-0.4, -0.2) is 5.11 Å². The zero-order valence-electron chi connectivity index (χ0n) is 13.1. The van der Waals surface area contributed by atoms with Crippen molar-refractivity contribution in [3.05, 3.63) is 35.4 Å². The summed E-state index contributed by atoms with van der Waals surface area (Å²) in [6.45, 7) is 4.49. The quantitative estimate of drug-likeness (QED) is 0.748. The Hall–Kier alpha value is -0.820. The lowest BCUT2D eigenvalue weighted by Crippen LogP contribution is -2.08. The molecule has 2 rings (SSSR count). The number of aliphatic hydroxyl groups excluding tert-OH is 1. The van der Waals surface area contributed by atoms with Gasteiger partial charge < -0.3 is 5.11 Å². The van der Waals surface area contributed by atoms with Gasteiger partial charge in [0.05, 0.1) is 6.10 Å². The van der Waals surface area contributed by atoms with Gasteiger partial charge in [-0.15, -0.1) is 0 Å². The second-order valence-electron chi connectivity index (χ2n) is 6.94. The molecule has 1 aromatic rings. The van der Waals surface area contributed by atoms with Crippen LogP contribution >= 0.6 is 0 Å². The highest BCUT2D eigenvalue weighted by molar-refractivity contribution is 5.24. The van der Waals surface area contributed by atoms with Crippen LogP contribution in [0.3, 0.4) is 0 Å². The largest absolute Gasteiger partial charge is 0.388 e. The first-order valence-electron chi connectivity index (χ1n) is 8.42. The minimum absolute atomic E-state index is 0.273. The molecule has 1 aromatic carbocycles. The lowest BCUT2D eigenvalue weighted by atomic mass is 9.85. The monoisotopic (exact) mass is 274 g/mol. The van der Waals surface area contributed by atoms with Gasteiger partial charge in [0.25, 0.3) is 0 Å². The first-order valence-corrected chi connectivity index (χ1v) is 8.42. The van der Waals surface area contributed by atoms with Crippen LogP contribution in [0.15, 0.2) is 24.3 Å². The fourth-order valence-electron chi connectivity index (χ4n) is 3.38. The molecule has 1 saturated carbocycles. The zero-order chi connectivity index (χ0) is 14.4. The maximum atomic E-state index is 10.3. The van der Waals surface area contributed by atoms with E-state index < -0.39 is 0 Å². The van der Waals surface area contributed by atoms with Gasteiger partial charge in [-0.05, 0) is 42.2 Å². The molecule has 1 aliphatic rings. The fraction of sp³-hybridized carbons (Fsp3) is 0.684. The Balaban J connectivity index is 1.80. The van der Waals surface area contributed by atoms with Gasteiger partial charge in [0.2, 0.25) is 0 Å². The molecule has 1 unspecified atom stereocenters. The van der Waals surface area contributed by atoms with Crippen molar-refractivity contribution < 1.29 is 5.11 Å². The molecular weight excluding hydrogens is 244 g/mol. The average Bonchev–Trinajstić information content (AvgIpc) is 2.46. The molecule has 1 N–H and O–H groups in total. The van der Waals surface area contributed by atoms with E-state index in [2.05, 4.69) is 38.1 Å². The summed E-state index contributed by atoms with van der Waals surface area (Å²) >= 11 is 0. The van der Waals surface area contributed by atoms with Crippen LogP contribution in [0.25, 0.3) is 0 Å². The van der Waals surface area contributed by atoms with E-state index in [-0.39, 0.29) is 6.10 Å². The maximum Gasteiger partial charge on any atom is 0.0790 e. The highest BCUT2D eigenvalue weighted by Gasteiger charge is 2.16. The fourth-order valence-corrected chi connectivity index (χ4v) is 3.38. The van der Waals surface area contributed by atoms with E-state index in [0.29, 0.717) is 5.92 Å². The summed E-state index contributed by atoms with van der Waals surface area (Å²) in [7, 11) is 0. The zero-order valence-corrected chi connectivity index (χ0v) is 13.1. The van der Waals surface area contributed by atoms with Crippen molar-refractivity contribution in [3.8, 4) is 0 Å². The second kappa shape index (κ2) is 7.83. The van der Waals surface area contributed by atoms with Crippen molar-refractivity contribution in [2.24, 2.45) is 11.8 Å². The molecule has 0 spiro atoms. The van der Waals surface area contributed by atoms with Crippen LogP contribution < -0.4 is 0 Å². The third-order valence-electron chi connectivity index (χ3n) is 4.58. The number of rotatable bonds is 6. The Bertz CT molecular complexity index is 373. The Morgan fingerprint density at radius 3 is 2.30 bits per heavy atom. The summed E-state index contributed by atoms with van der Waals surface area (Å²) < 4.78 is 0. The van der Waals surface area contributed by atoms with Crippen LogP contribution in [0.2, 0.25) is 0 Å². The topological polar surface area (TPSA) is 20.2 Å². The lowest BCUT2D eigenvalue weighted by molar-refractivity contribution is 0.151. The molecule has 1 heteroatoms. The van der Waals surface area contributed by atoms with Crippen LogP contribution in [-0.2, 0) is 6.42 Å². The molecule has 20 heavy (non-hydrogen) atoms. The van der Waals surface area contributed by atoms with Gasteiger partial charge in [-0.3, -0.25) is 0 Å². The molecule has 0 bridgehead atoms. The van der Waals surface area contributed by atoms with Crippen molar-refractivity contribution in [2.45, 2.75) is 71.3 Å². The number of aliphatic hydroxyl groups is 1. The molecule has 1 nitrogen and oxygen atoms in total. The number of benzene rings is 1. The van der Waals surface area contributed by atoms with E-state index in [9.17, 15) is 5.11 Å². The summed E-state index contributed by atoms with van der Waals surface area (Å²) in [5, 5.41) is 10.3. The highest BCUT2D eigenvalue weighted by Crippen LogP contribution is 2.30.